The Morgan fingerprint density at radius 3 is 2.88 bits per heavy atom. The third-order valence-electron chi connectivity index (χ3n) is 3.00. The topological polar surface area (TPSA) is 46.5 Å². The predicted octanol–water partition coefficient (Wildman–Crippen LogP) is 2.30. The molecule has 1 atom stereocenters. The summed E-state index contributed by atoms with van der Waals surface area (Å²) in [5.41, 5.74) is 0.881. The van der Waals surface area contributed by atoms with E-state index in [-0.39, 0.29) is 17.3 Å². The Morgan fingerprint density at radius 1 is 1.38 bits per heavy atom. The largest absolute Gasteiger partial charge is 0.504 e. The molecule has 1 unspecified atom stereocenters. The molecule has 3 nitrogen and oxygen atoms in total. The van der Waals surface area contributed by atoms with Crippen LogP contribution in [0.5, 0.6) is 5.75 Å². The Bertz CT molecular complexity index is 434. The van der Waals surface area contributed by atoms with E-state index in [2.05, 4.69) is 0 Å². The highest BCUT2D eigenvalue weighted by Gasteiger charge is 2.20. The van der Waals surface area contributed by atoms with Crippen LogP contribution in [0.2, 0.25) is 0 Å². The highest BCUT2D eigenvalue weighted by molar-refractivity contribution is 5.35. The van der Waals surface area contributed by atoms with E-state index in [1.807, 2.05) is 0 Å². The summed E-state index contributed by atoms with van der Waals surface area (Å²) in [5, 5.41) is 9.90. The first kappa shape index (κ1) is 11.1. The number of ether oxygens (including phenoxy) is 1. The van der Waals surface area contributed by atoms with Crippen LogP contribution in [0.3, 0.4) is 0 Å². The first-order valence-corrected chi connectivity index (χ1v) is 5.64. The number of hydrogen-bond donors (Lipinski definition) is 1. The van der Waals surface area contributed by atoms with Gasteiger partial charge in [-0.25, -0.2) is 0 Å². The fraction of sp³-hybridized carbons (Fsp3) is 0.462. The van der Waals surface area contributed by atoms with E-state index < -0.39 is 0 Å². The lowest BCUT2D eigenvalue weighted by Crippen LogP contribution is -2.13. The first-order chi connectivity index (χ1) is 7.70. The molecule has 0 saturated carbocycles. The molecule has 1 heterocycles. The van der Waals surface area contributed by atoms with Crippen molar-refractivity contribution in [1.82, 2.24) is 0 Å². The average molecular weight is 220 g/mol. The summed E-state index contributed by atoms with van der Waals surface area (Å²) in [4.78, 5) is 11.7. The quantitative estimate of drug-likeness (QED) is 0.790. The van der Waals surface area contributed by atoms with E-state index in [0.29, 0.717) is 17.7 Å². The smallest absolute Gasteiger partial charge is 0.223 e. The average Bonchev–Trinajstić information content (AvgIpc) is 2.44. The van der Waals surface area contributed by atoms with Crippen molar-refractivity contribution in [2.45, 2.75) is 32.3 Å². The van der Waals surface area contributed by atoms with E-state index >= 15 is 0 Å². The molecule has 2 rings (SSSR count). The summed E-state index contributed by atoms with van der Waals surface area (Å²) in [7, 11) is 0. The maximum Gasteiger partial charge on any atom is 0.223 e. The molecule has 0 aromatic heterocycles. The second-order valence-electron chi connectivity index (χ2n) is 4.20. The molecule has 1 aromatic rings. The summed E-state index contributed by atoms with van der Waals surface area (Å²) < 4.78 is 5.58. The van der Waals surface area contributed by atoms with E-state index in [4.69, 9.17) is 4.74 Å². The Labute approximate surface area is 94.7 Å². The summed E-state index contributed by atoms with van der Waals surface area (Å²) in [6, 6.07) is 5.29. The van der Waals surface area contributed by atoms with Gasteiger partial charge in [0.2, 0.25) is 5.43 Å². The molecule has 3 heteroatoms. The van der Waals surface area contributed by atoms with Crippen molar-refractivity contribution in [3.8, 4) is 5.75 Å². The normalized spacial score (nSPS) is 20.7. The zero-order valence-corrected chi connectivity index (χ0v) is 9.40. The minimum atomic E-state index is -0.297. The van der Waals surface area contributed by atoms with Gasteiger partial charge in [0.25, 0.3) is 0 Å². The molecule has 1 aliphatic rings. The Kier molecular flexibility index (Phi) is 3.25. The number of hydrogen-bond acceptors (Lipinski definition) is 3. The molecule has 1 aliphatic heterocycles. The van der Waals surface area contributed by atoms with Gasteiger partial charge in [-0.1, -0.05) is 18.2 Å². The van der Waals surface area contributed by atoms with Crippen molar-refractivity contribution in [3.63, 3.8) is 0 Å². The SMILES string of the molecule is Cc1cccc(C2CCCCO2)c(O)c1=O. The van der Waals surface area contributed by atoms with Gasteiger partial charge in [-0.3, -0.25) is 4.79 Å². The second-order valence-corrected chi connectivity index (χ2v) is 4.20. The molecule has 0 bridgehead atoms. The van der Waals surface area contributed by atoms with Gasteiger partial charge in [0.1, 0.15) is 0 Å². The fourth-order valence-corrected chi connectivity index (χ4v) is 2.01. The Hall–Kier alpha value is -1.35. The predicted molar refractivity (Wildman–Crippen MR) is 61.7 cm³/mol. The van der Waals surface area contributed by atoms with Crippen molar-refractivity contribution in [2.24, 2.45) is 0 Å². The van der Waals surface area contributed by atoms with Gasteiger partial charge in [0.05, 0.1) is 6.10 Å². The summed E-state index contributed by atoms with van der Waals surface area (Å²) in [6.45, 7) is 2.41. The van der Waals surface area contributed by atoms with Gasteiger partial charge in [-0.15, -0.1) is 0 Å². The van der Waals surface area contributed by atoms with Crippen molar-refractivity contribution < 1.29 is 9.84 Å². The van der Waals surface area contributed by atoms with Crippen LogP contribution in [-0.2, 0) is 4.74 Å². The highest BCUT2D eigenvalue weighted by atomic mass is 16.5. The molecule has 16 heavy (non-hydrogen) atoms. The third-order valence-corrected chi connectivity index (χ3v) is 3.00. The van der Waals surface area contributed by atoms with Crippen LogP contribution in [0.1, 0.15) is 36.5 Å². The van der Waals surface area contributed by atoms with Crippen LogP contribution in [-0.4, -0.2) is 11.7 Å². The van der Waals surface area contributed by atoms with Gasteiger partial charge < -0.3 is 9.84 Å². The van der Waals surface area contributed by atoms with Crippen LogP contribution in [0.4, 0.5) is 0 Å². The summed E-state index contributed by atoms with van der Waals surface area (Å²) in [5.74, 6) is -0.158. The molecule has 1 N–H and O–H groups in total. The van der Waals surface area contributed by atoms with Crippen LogP contribution >= 0.6 is 0 Å². The highest BCUT2D eigenvalue weighted by Crippen LogP contribution is 2.31. The minimum absolute atomic E-state index is 0.131. The molecular formula is C13H16O3. The van der Waals surface area contributed by atoms with Gasteiger partial charge in [0.15, 0.2) is 5.75 Å². The van der Waals surface area contributed by atoms with Crippen molar-refractivity contribution >= 4 is 0 Å². The monoisotopic (exact) mass is 220 g/mol. The maximum absolute atomic E-state index is 11.7. The van der Waals surface area contributed by atoms with Crippen LogP contribution in [0.15, 0.2) is 23.0 Å². The van der Waals surface area contributed by atoms with E-state index in [1.54, 1.807) is 25.1 Å². The Morgan fingerprint density at radius 2 is 2.19 bits per heavy atom. The number of aryl methyl sites for hydroxylation is 1. The molecule has 1 saturated heterocycles. The lowest BCUT2D eigenvalue weighted by Gasteiger charge is -2.22. The fourth-order valence-electron chi connectivity index (χ4n) is 2.01. The Balaban J connectivity index is 2.45. The minimum Gasteiger partial charge on any atom is -0.504 e. The number of rotatable bonds is 1. The molecule has 0 radical (unpaired) electrons. The molecule has 86 valence electrons. The van der Waals surface area contributed by atoms with Crippen molar-refractivity contribution in [2.75, 3.05) is 6.61 Å². The number of aromatic hydroxyl groups is 1. The zero-order chi connectivity index (χ0) is 11.5. The molecule has 1 fully saturated rings. The van der Waals surface area contributed by atoms with Crippen LogP contribution < -0.4 is 5.43 Å². The first-order valence-electron chi connectivity index (χ1n) is 5.64. The molecule has 0 spiro atoms. The third kappa shape index (κ3) is 2.09. The van der Waals surface area contributed by atoms with Crippen molar-refractivity contribution in [3.05, 3.63) is 39.5 Å². The van der Waals surface area contributed by atoms with Gasteiger partial charge in [-0.05, 0) is 26.2 Å². The van der Waals surface area contributed by atoms with Crippen molar-refractivity contribution in [1.29, 1.82) is 0 Å². The lowest BCUT2D eigenvalue weighted by atomic mass is 10.0. The van der Waals surface area contributed by atoms with Crippen LogP contribution in [0.25, 0.3) is 0 Å². The van der Waals surface area contributed by atoms with Crippen LogP contribution in [0, 0.1) is 6.92 Å². The van der Waals surface area contributed by atoms with Gasteiger partial charge in [-0.2, -0.15) is 0 Å². The zero-order valence-electron chi connectivity index (χ0n) is 9.40. The molecule has 0 amide bonds. The second kappa shape index (κ2) is 4.66. The summed E-state index contributed by atoms with van der Waals surface area (Å²) in [6.07, 6.45) is 2.87. The molecule has 0 aliphatic carbocycles. The summed E-state index contributed by atoms with van der Waals surface area (Å²) >= 11 is 0. The van der Waals surface area contributed by atoms with Gasteiger partial charge in [0, 0.05) is 17.7 Å². The lowest BCUT2D eigenvalue weighted by molar-refractivity contribution is 0.0136. The van der Waals surface area contributed by atoms with E-state index in [0.717, 1.165) is 19.3 Å². The standard InChI is InChI=1S/C13H16O3/c1-9-5-4-6-10(13(15)12(9)14)11-7-2-3-8-16-11/h4-6,11H,2-3,7-8H2,1H3,(H,14,15). The van der Waals surface area contributed by atoms with E-state index in [1.165, 1.54) is 0 Å². The van der Waals surface area contributed by atoms with Gasteiger partial charge >= 0.3 is 0 Å². The molecular weight excluding hydrogens is 204 g/mol. The molecule has 1 aromatic carbocycles. The van der Waals surface area contributed by atoms with E-state index in [9.17, 15) is 9.90 Å². The maximum atomic E-state index is 11.7.